The Bertz CT molecular complexity index is 1240. The SMILES string of the molecule is Cc1cc(NC(=O)CSc2nnc(-c3ccco3)n2Cc2ccccc2)ccc1C(N)=O. The summed E-state index contributed by atoms with van der Waals surface area (Å²) < 4.78 is 7.44. The van der Waals surface area contributed by atoms with Gasteiger partial charge in [0.25, 0.3) is 0 Å². The zero-order valence-corrected chi connectivity index (χ0v) is 18.1. The van der Waals surface area contributed by atoms with E-state index in [1.54, 1.807) is 37.5 Å². The van der Waals surface area contributed by atoms with Gasteiger partial charge in [-0.3, -0.25) is 14.2 Å². The number of carbonyl (C=O) groups is 2. The molecule has 0 aliphatic carbocycles. The predicted octanol–water partition coefficient (Wildman–Crippen LogP) is 3.72. The van der Waals surface area contributed by atoms with Crippen molar-refractivity contribution in [1.29, 1.82) is 0 Å². The quantitative estimate of drug-likeness (QED) is 0.398. The van der Waals surface area contributed by atoms with E-state index in [2.05, 4.69) is 15.5 Å². The number of anilines is 1. The van der Waals surface area contributed by atoms with Gasteiger partial charge >= 0.3 is 0 Å². The number of rotatable bonds is 8. The van der Waals surface area contributed by atoms with Crippen LogP contribution in [0, 0.1) is 6.92 Å². The lowest BCUT2D eigenvalue weighted by Gasteiger charge is -2.10. The number of nitrogens with one attached hydrogen (secondary N) is 1. The van der Waals surface area contributed by atoms with Gasteiger partial charge < -0.3 is 15.5 Å². The number of hydrogen-bond donors (Lipinski definition) is 2. The maximum atomic E-state index is 12.5. The minimum absolute atomic E-state index is 0.141. The van der Waals surface area contributed by atoms with Crippen LogP contribution in [0.1, 0.15) is 21.5 Å². The molecule has 0 bridgehead atoms. The Hall–Kier alpha value is -3.85. The maximum Gasteiger partial charge on any atom is 0.248 e. The zero-order chi connectivity index (χ0) is 22.5. The first-order valence-corrected chi connectivity index (χ1v) is 10.8. The van der Waals surface area contributed by atoms with E-state index in [-0.39, 0.29) is 11.7 Å². The molecule has 0 atom stereocenters. The largest absolute Gasteiger partial charge is 0.461 e. The molecule has 162 valence electrons. The highest BCUT2D eigenvalue weighted by molar-refractivity contribution is 7.99. The Labute approximate surface area is 188 Å². The van der Waals surface area contributed by atoms with Crippen molar-refractivity contribution >= 4 is 29.3 Å². The van der Waals surface area contributed by atoms with E-state index in [4.69, 9.17) is 10.2 Å². The van der Waals surface area contributed by atoms with E-state index in [1.165, 1.54) is 11.8 Å². The average Bonchev–Trinajstić information content (AvgIpc) is 3.43. The van der Waals surface area contributed by atoms with Crippen molar-refractivity contribution in [2.75, 3.05) is 11.1 Å². The number of furan rings is 1. The van der Waals surface area contributed by atoms with E-state index < -0.39 is 5.91 Å². The normalized spacial score (nSPS) is 10.8. The van der Waals surface area contributed by atoms with Gasteiger partial charge in [0.2, 0.25) is 17.6 Å². The number of primary amides is 1. The monoisotopic (exact) mass is 447 g/mol. The summed E-state index contributed by atoms with van der Waals surface area (Å²) in [7, 11) is 0. The summed E-state index contributed by atoms with van der Waals surface area (Å²) in [5.41, 5.74) is 8.14. The zero-order valence-electron chi connectivity index (χ0n) is 17.3. The summed E-state index contributed by atoms with van der Waals surface area (Å²) in [5.74, 6) is 0.645. The molecule has 3 N–H and O–H groups in total. The van der Waals surface area contributed by atoms with Gasteiger partial charge in [0.1, 0.15) is 0 Å². The lowest BCUT2D eigenvalue weighted by Crippen LogP contribution is -2.16. The second kappa shape index (κ2) is 9.52. The number of benzene rings is 2. The highest BCUT2D eigenvalue weighted by atomic mass is 32.2. The number of carbonyl (C=O) groups excluding carboxylic acids is 2. The number of nitrogens with zero attached hydrogens (tertiary/aromatic N) is 3. The van der Waals surface area contributed by atoms with E-state index >= 15 is 0 Å². The first-order chi connectivity index (χ1) is 15.5. The first kappa shape index (κ1) is 21.4. The number of hydrogen-bond acceptors (Lipinski definition) is 6. The summed E-state index contributed by atoms with van der Waals surface area (Å²) >= 11 is 1.29. The van der Waals surface area contributed by atoms with Crippen molar-refractivity contribution in [1.82, 2.24) is 14.8 Å². The Balaban J connectivity index is 1.48. The second-order valence-corrected chi connectivity index (χ2v) is 8.03. The van der Waals surface area contributed by atoms with Crippen LogP contribution in [-0.4, -0.2) is 32.3 Å². The first-order valence-electron chi connectivity index (χ1n) is 9.85. The molecular formula is C23H21N5O3S. The van der Waals surface area contributed by atoms with Gasteiger partial charge in [-0.25, -0.2) is 0 Å². The predicted molar refractivity (Wildman–Crippen MR) is 122 cm³/mol. The molecule has 4 aromatic rings. The molecule has 0 spiro atoms. The molecule has 2 heterocycles. The Kier molecular flexibility index (Phi) is 6.37. The number of aryl methyl sites for hydroxylation is 1. The van der Waals surface area contributed by atoms with Gasteiger partial charge in [-0.15, -0.1) is 10.2 Å². The van der Waals surface area contributed by atoms with Gasteiger partial charge in [0.15, 0.2) is 10.9 Å². The fourth-order valence-corrected chi connectivity index (χ4v) is 3.97. The van der Waals surface area contributed by atoms with Crippen molar-refractivity contribution in [3.05, 3.63) is 83.6 Å². The van der Waals surface area contributed by atoms with Crippen LogP contribution in [0.3, 0.4) is 0 Å². The van der Waals surface area contributed by atoms with Crippen molar-refractivity contribution in [2.24, 2.45) is 5.73 Å². The molecule has 4 rings (SSSR count). The lowest BCUT2D eigenvalue weighted by atomic mass is 10.1. The number of thioether (sulfide) groups is 1. The number of amides is 2. The van der Waals surface area contributed by atoms with Gasteiger partial charge in [0.05, 0.1) is 18.6 Å². The summed E-state index contributed by atoms with van der Waals surface area (Å²) in [6, 6.07) is 18.5. The minimum Gasteiger partial charge on any atom is -0.461 e. The van der Waals surface area contributed by atoms with E-state index in [9.17, 15) is 9.59 Å². The standard InChI is InChI=1S/C23H21N5O3S/c1-15-12-17(9-10-18(15)21(24)30)25-20(29)14-32-23-27-26-22(19-8-5-11-31-19)28(23)13-16-6-3-2-4-7-16/h2-12H,13-14H2,1H3,(H2,24,30)(H,25,29). The Morgan fingerprint density at radius 3 is 2.59 bits per heavy atom. The molecule has 0 aliphatic heterocycles. The van der Waals surface area contributed by atoms with Crippen molar-refractivity contribution in [3.63, 3.8) is 0 Å². The van der Waals surface area contributed by atoms with Crippen LogP contribution in [0.2, 0.25) is 0 Å². The van der Waals surface area contributed by atoms with Crippen molar-refractivity contribution < 1.29 is 14.0 Å². The summed E-state index contributed by atoms with van der Waals surface area (Å²) in [6.07, 6.45) is 1.59. The molecule has 0 aliphatic rings. The maximum absolute atomic E-state index is 12.5. The molecule has 9 heteroatoms. The third-order valence-electron chi connectivity index (χ3n) is 4.75. The third-order valence-corrected chi connectivity index (χ3v) is 5.72. The molecule has 2 amide bonds. The van der Waals surface area contributed by atoms with E-state index in [1.807, 2.05) is 41.0 Å². The van der Waals surface area contributed by atoms with Crippen LogP contribution in [0.4, 0.5) is 5.69 Å². The van der Waals surface area contributed by atoms with Crippen LogP contribution in [0.5, 0.6) is 0 Å². The summed E-state index contributed by atoms with van der Waals surface area (Å²) in [4.78, 5) is 23.9. The molecule has 2 aromatic heterocycles. The molecule has 0 saturated heterocycles. The van der Waals surface area contributed by atoms with Crippen LogP contribution < -0.4 is 11.1 Å². The molecule has 32 heavy (non-hydrogen) atoms. The molecule has 0 radical (unpaired) electrons. The third kappa shape index (κ3) is 4.89. The molecular weight excluding hydrogens is 426 g/mol. The highest BCUT2D eigenvalue weighted by Gasteiger charge is 2.18. The topological polar surface area (TPSA) is 116 Å². The fraction of sp³-hybridized carbons (Fsp3) is 0.130. The molecule has 0 fully saturated rings. The summed E-state index contributed by atoms with van der Waals surface area (Å²) in [6.45, 7) is 2.31. The van der Waals surface area contributed by atoms with Crippen LogP contribution in [-0.2, 0) is 11.3 Å². The van der Waals surface area contributed by atoms with Gasteiger partial charge in [-0.2, -0.15) is 0 Å². The highest BCUT2D eigenvalue weighted by Crippen LogP contribution is 2.26. The Morgan fingerprint density at radius 2 is 1.91 bits per heavy atom. The van der Waals surface area contributed by atoms with Crippen LogP contribution >= 0.6 is 11.8 Å². The molecule has 0 saturated carbocycles. The smallest absolute Gasteiger partial charge is 0.248 e. The average molecular weight is 448 g/mol. The second-order valence-electron chi connectivity index (χ2n) is 7.09. The summed E-state index contributed by atoms with van der Waals surface area (Å²) in [5, 5.41) is 12.0. The van der Waals surface area contributed by atoms with Crippen molar-refractivity contribution in [2.45, 2.75) is 18.6 Å². The van der Waals surface area contributed by atoms with Gasteiger partial charge in [-0.05, 0) is 48.4 Å². The Morgan fingerprint density at radius 1 is 1.09 bits per heavy atom. The van der Waals surface area contributed by atoms with Crippen molar-refractivity contribution in [3.8, 4) is 11.6 Å². The van der Waals surface area contributed by atoms with Crippen LogP contribution in [0.15, 0.2) is 76.5 Å². The van der Waals surface area contributed by atoms with Crippen LogP contribution in [0.25, 0.3) is 11.6 Å². The minimum atomic E-state index is -0.499. The van der Waals surface area contributed by atoms with E-state index in [0.29, 0.717) is 40.1 Å². The van der Waals surface area contributed by atoms with Gasteiger partial charge in [0, 0.05) is 11.3 Å². The molecule has 0 unspecified atom stereocenters. The molecule has 2 aromatic carbocycles. The molecule has 8 nitrogen and oxygen atoms in total. The number of nitrogens with two attached hydrogens (primary N) is 1. The number of aromatic nitrogens is 3. The fourth-order valence-electron chi connectivity index (χ4n) is 3.24. The lowest BCUT2D eigenvalue weighted by molar-refractivity contribution is -0.113. The van der Waals surface area contributed by atoms with Gasteiger partial charge in [-0.1, -0.05) is 42.1 Å². The van der Waals surface area contributed by atoms with E-state index in [0.717, 1.165) is 5.56 Å².